The second-order valence-corrected chi connectivity index (χ2v) is 8.10. The molecule has 1 unspecified atom stereocenters. The van der Waals surface area contributed by atoms with Crippen LogP contribution in [0.25, 0.3) is 0 Å². The highest BCUT2D eigenvalue weighted by Crippen LogP contribution is 2.10. The molecule has 7 nitrogen and oxygen atoms in total. The van der Waals surface area contributed by atoms with E-state index in [4.69, 9.17) is 0 Å². The number of nitrogens with one attached hydrogen (secondary N) is 3. The summed E-state index contributed by atoms with van der Waals surface area (Å²) in [5.74, 6) is 0.777. The molecule has 9 heteroatoms. The molecule has 0 radical (unpaired) electrons. The minimum Gasteiger partial charge on any atom is -0.355 e. The van der Waals surface area contributed by atoms with Gasteiger partial charge in [-0.15, -0.1) is 24.0 Å². The van der Waals surface area contributed by atoms with E-state index in [0.717, 1.165) is 5.56 Å². The first kappa shape index (κ1) is 21.7. The number of benzene rings is 1. The van der Waals surface area contributed by atoms with E-state index in [1.54, 1.807) is 13.1 Å². The molecule has 0 saturated carbocycles. The van der Waals surface area contributed by atoms with Crippen molar-refractivity contribution in [2.75, 3.05) is 31.6 Å². The lowest BCUT2D eigenvalue weighted by Crippen LogP contribution is -2.46. The number of carbonyl (C=O) groups is 1. The van der Waals surface area contributed by atoms with Crippen LogP contribution < -0.4 is 16.0 Å². The van der Waals surface area contributed by atoms with Gasteiger partial charge in [-0.25, -0.2) is 8.42 Å². The molecule has 0 aromatic heterocycles. The third kappa shape index (κ3) is 7.18. The van der Waals surface area contributed by atoms with Gasteiger partial charge in [-0.3, -0.25) is 9.79 Å². The van der Waals surface area contributed by atoms with Crippen LogP contribution in [0, 0.1) is 6.92 Å². The van der Waals surface area contributed by atoms with Gasteiger partial charge in [0.1, 0.15) is 0 Å². The second kappa shape index (κ2) is 9.95. The van der Waals surface area contributed by atoms with Crippen LogP contribution in [0.15, 0.2) is 29.3 Å². The lowest BCUT2D eigenvalue weighted by Gasteiger charge is -2.16. The fraction of sp³-hybridized carbons (Fsp3) is 0.500. The van der Waals surface area contributed by atoms with Crippen molar-refractivity contribution in [1.82, 2.24) is 16.0 Å². The number of guanidine groups is 1. The zero-order chi connectivity index (χ0) is 17.6. The summed E-state index contributed by atoms with van der Waals surface area (Å²) in [6.45, 7) is 2.88. The van der Waals surface area contributed by atoms with Crippen molar-refractivity contribution in [1.29, 1.82) is 0 Å². The molecule has 0 spiro atoms. The molecule has 1 aromatic carbocycles. The Morgan fingerprint density at radius 2 is 2.00 bits per heavy atom. The van der Waals surface area contributed by atoms with Crippen molar-refractivity contribution in [2.24, 2.45) is 4.99 Å². The normalized spacial score (nSPS) is 19.0. The average Bonchev–Trinajstić information content (AvgIpc) is 2.88. The number of aliphatic imine (C=N–C) groups is 1. The molecular formula is C16H25IN4O3S. The molecule has 1 heterocycles. The maximum absolute atomic E-state index is 12.0. The molecule has 25 heavy (non-hydrogen) atoms. The third-order valence-corrected chi connectivity index (χ3v) is 5.55. The van der Waals surface area contributed by atoms with Gasteiger partial charge in [0.2, 0.25) is 0 Å². The first-order chi connectivity index (χ1) is 11.4. The molecule has 3 N–H and O–H groups in total. The Balaban J connectivity index is 0.00000312. The van der Waals surface area contributed by atoms with E-state index in [1.165, 1.54) is 0 Å². The van der Waals surface area contributed by atoms with Crippen LogP contribution in [-0.2, 0) is 9.84 Å². The Hall–Kier alpha value is -1.36. The van der Waals surface area contributed by atoms with Gasteiger partial charge >= 0.3 is 0 Å². The van der Waals surface area contributed by atoms with Crippen LogP contribution in [0.4, 0.5) is 0 Å². The predicted molar refractivity (Wildman–Crippen MR) is 110 cm³/mol. The molecule has 1 saturated heterocycles. The second-order valence-electron chi connectivity index (χ2n) is 5.87. The monoisotopic (exact) mass is 480 g/mol. The van der Waals surface area contributed by atoms with E-state index in [-0.39, 0.29) is 47.4 Å². The van der Waals surface area contributed by atoms with Crippen LogP contribution in [0.1, 0.15) is 22.3 Å². The summed E-state index contributed by atoms with van der Waals surface area (Å²) in [7, 11) is -1.29. The molecule has 1 aliphatic heterocycles. The average molecular weight is 480 g/mol. The van der Waals surface area contributed by atoms with E-state index < -0.39 is 9.84 Å². The van der Waals surface area contributed by atoms with E-state index in [2.05, 4.69) is 20.9 Å². The lowest BCUT2D eigenvalue weighted by molar-refractivity contribution is 0.0954. The van der Waals surface area contributed by atoms with E-state index >= 15 is 0 Å². The van der Waals surface area contributed by atoms with Gasteiger partial charge in [-0.05, 0) is 25.5 Å². The van der Waals surface area contributed by atoms with E-state index in [0.29, 0.717) is 31.0 Å². The maximum atomic E-state index is 12.0. The first-order valence-electron chi connectivity index (χ1n) is 7.92. The lowest BCUT2D eigenvalue weighted by atomic mass is 10.1. The highest BCUT2D eigenvalue weighted by atomic mass is 127. The Bertz CT molecular complexity index is 722. The number of hydrogen-bond donors (Lipinski definition) is 3. The van der Waals surface area contributed by atoms with Gasteiger partial charge in [0.15, 0.2) is 15.8 Å². The van der Waals surface area contributed by atoms with Gasteiger partial charge < -0.3 is 16.0 Å². The summed E-state index contributed by atoms with van der Waals surface area (Å²) in [6.07, 6.45) is 0.590. The molecule has 1 amide bonds. The zero-order valence-corrected chi connectivity index (χ0v) is 17.6. The van der Waals surface area contributed by atoms with Gasteiger partial charge in [0, 0.05) is 31.7 Å². The predicted octanol–water partition coefficient (Wildman–Crippen LogP) is 0.695. The summed E-state index contributed by atoms with van der Waals surface area (Å²) in [4.78, 5) is 16.1. The number of carbonyl (C=O) groups excluding carboxylic acids is 1. The summed E-state index contributed by atoms with van der Waals surface area (Å²) >= 11 is 0. The molecule has 0 aliphatic carbocycles. The van der Waals surface area contributed by atoms with Gasteiger partial charge in [-0.2, -0.15) is 0 Å². The largest absolute Gasteiger partial charge is 0.355 e. The topological polar surface area (TPSA) is 99.7 Å². The van der Waals surface area contributed by atoms with Crippen LogP contribution in [0.2, 0.25) is 0 Å². The van der Waals surface area contributed by atoms with Gasteiger partial charge in [-0.1, -0.05) is 17.7 Å². The van der Waals surface area contributed by atoms with E-state index in [1.807, 2.05) is 25.1 Å². The van der Waals surface area contributed by atoms with Crippen molar-refractivity contribution in [3.63, 3.8) is 0 Å². The number of aryl methyl sites for hydroxylation is 1. The summed E-state index contributed by atoms with van der Waals surface area (Å²) in [5.41, 5.74) is 1.67. The van der Waals surface area contributed by atoms with Crippen molar-refractivity contribution in [2.45, 2.75) is 19.4 Å². The number of halogens is 1. The first-order valence-corrected chi connectivity index (χ1v) is 9.74. The van der Waals surface area contributed by atoms with Crippen LogP contribution in [-0.4, -0.2) is 58.0 Å². The van der Waals surface area contributed by atoms with Crippen LogP contribution in [0.5, 0.6) is 0 Å². The molecule has 1 atom stereocenters. The van der Waals surface area contributed by atoms with E-state index in [9.17, 15) is 13.2 Å². The molecule has 140 valence electrons. The number of hydrogen-bond acceptors (Lipinski definition) is 4. The standard InChI is InChI=1S/C16H24N4O3S.HI/c1-12-4-3-5-13(10-12)15(21)18-7-8-19-16(17-2)20-14-6-9-24(22,23)11-14;/h3-5,10,14H,6-9,11H2,1-2H3,(H,18,21)(H2,17,19,20);1H. The molecule has 1 fully saturated rings. The Morgan fingerprint density at radius 1 is 1.28 bits per heavy atom. The molecular weight excluding hydrogens is 455 g/mol. The summed E-state index contributed by atoms with van der Waals surface area (Å²) < 4.78 is 22.9. The fourth-order valence-corrected chi connectivity index (χ4v) is 4.22. The fourth-order valence-electron chi connectivity index (χ4n) is 2.54. The summed E-state index contributed by atoms with van der Waals surface area (Å²) in [6, 6.07) is 7.30. The molecule has 1 aromatic rings. The molecule has 0 bridgehead atoms. The van der Waals surface area contributed by atoms with Crippen molar-refractivity contribution in [3.8, 4) is 0 Å². The number of amides is 1. The van der Waals surface area contributed by atoms with Crippen molar-refractivity contribution < 1.29 is 13.2 Å². The maximum Gasteiger partial charge on any atom is 0.251 e. The van der Waals surface area contributed by atoms with Crippen LogP contribution in [0.3, 0.4) is 0 Å². The Kier molecular flexibility index (Phi) is 8.63. The quantitative estimate of drug-likeness (QED) is 0.249. The minimum absolute atomic E-state index is 0. The Morgan fingerprint density at radius 3 is 2.60 bits per heavy atom. The number of rotatable bonds is 5. The van der Waals surface area contributed by atoms with Crippen LogP contribution >= 0.6 is 24.0 Å². The zero-order valence-electron chi connectivity index (χ0n) is 14.4. The summed E-state index contributed by atoms with van der Waals surface area (Å²) in [5, 5.41) is 9.00. The third-order valence-electron chi connectivity index (χ3n) is 3.78. The van der Waals surface area contributed by atoms with Gasteiger partial charge in [0.05, 0.1) is 11.5 Å². The van der Waals surface area contributed by atoms with Crippen molar-refractivity contribution >= 4 is 45.7 Å². The smallest absolute Gasteiger partial charge is 0.251 e. The SMILES string of the molecule is CN=C(NCCNC(=O)c1cccc(C)c1)NC1CCS(=O)(=O)C1.I. The van der Waals surface area contributed by atoms with Crippen molar-refractivity contribution in [3.05, 3.63) is 35.4 Å². The van der Waals surface area contributed by atoms with Gasteiger partial charge in [0.25, 0.3) is 5.91 Å². The molecule has 2 rings (SSSR count). The minimum atomic E-state index is -2.92. The Labute approximate surface area is 166 Å². The number of sulfone groups is 1. The number of nitrogens with zero attached hydrogens (tertiary/aromatic N) is 1. The highest BCUT2D eigenvalue weighted by Gasteiger charge is 2.28. The molecule has 1 aliphatic rings. The highest BCUT2D eigenvalue weighted by molar-refractivity contribution is 14.0.